The van der Waals surface area contributed by atoms with E-state index in [1.165, 1.54) is 30.4 Å². The summed E-state index contributed by atoms with van der Waals surface area (Å²) in [7, 11) is 0. The van der Waals surface area contributed by atoms with Gasteiger partial charge in [0.25, 0.3) is 5.91 Å². The summed E-state index contributed by atoms with van der Waals surface area (Å²) in [6.07, 6.45) is 1.88. The second-order valence-electron chi connectivity index (χ2n) is 7.40. The monoisotopic (exact) mass is 491 g/mol. The van der Waals surface area contributed by atoms with Gasteiger partial charge in [-0.05, 0) is 59.8 Å². The summed E-state index contributed by atoms with van der Waals surface area (Å²) in [5.74, 6) is -0.307. The lowest BCUT2D eigenvalue weighted by atomic mass is 10.2. The van der Waals surface area contributed by atoms with Crippen molar-refractivity contribution in [3.63, 3.8) is 0 Å². The maximum atomic E-state index is 13.8. The van der Waals surface area contributed by atoms with Crippen molar-refractivity contribution in [1.82, 2.24) is 0 Å². The minimum atomic E-state index is -1.03. The molecule has 3 aromatic carbocycles. The van der Waals surface area contributed by atoms with Gasteiger partial charge in [-0.1, -0.05) is 71.9 Å². The van der Waals surface area contributed by atoms with E-state index in [-0.39, 0.29) is 11.7 Å². The van der Waals surface area contributed by atoms with Gasteiger partial charge in [0.2, 0.25) is 4.33 Å². The molecule has 0 N–H and O–H groups in total. The molecule has 33 heavy (non-hydrogen) atoms. The smallest absolute Gasteiger partial charge is 0.268 e. The van der Waals surface area contributed by atoms with E-state index in [0.29, 0.717) is 15.0 Å². The number of halogens is 1. The van der Waals surface area contributed by atoms with E-state index in [4.69, 9.17) is 11.6 Å². The highest BCUT2D eigenvalue weighted by Gasteiger charge is 2.59. The fourth-order valence-electron chi connectivity index (χ4n) is 3.61. The molecule has 1 amide bonds. The average Bonchev–Trinajstić information content (AvgIpc) is 3.33. The molecule has 3 aromatic rings. The number of ketones is 1. The lowest BCUT2D eigenvalue weighted by molar-refractivity contribution is -0.114. The largest absolute Gasteiger partial charge is 0.292 e. The van der Waals surface area contributed by atoms with Crippen LogP contribution >= 0.6 is 35.1 Å². The van der Waals surface area contributed by atoms with Crippen molar-refractivity contribution >= 4 is 69.3 Å². The zero-order chi connectivity index (χ0) is 23.0. The molecule has 8 heteroatoms. The van der Waals surface area contributed by atoms with E-state index < -0.39 is 4.33 Å². The average molecular weight is 492 g/mol. The van der Waals surface area contributed by atoms with E-state index in [0.717, 1.165) is 16.9 Å². The Labute approximate surface area is 205 Å². The number of hydrazone groups is 1. The summed E-state index contributed by atoms with van der Waals surface area (Å²) in [5, 5.41) is 7.33. The van der Waals surface area contributed by atoms with Gasteiger partial charge < -0.3 is 0 Å². The number of rotatable bonds is 4. The van der Waals surface area contributed by atoms with E-state index in [1.54, 1.807) is 22.0 Å². The third-order valence-corrected chi connectivity index (χ3v) is 8.18. The minimum absolute atomic E-state index is 0.151. The van der Waals surface area contributed by atoms with Crippen molar-refractivity contribution in [3.8, 4) is 0 Å². The first-order chi connectivity index (χ1) is 16.0. The van der Waals surface area contributed by atoms with E-state index in [1.807, 2.05) is 78.9 Å². The summed E-state index contributed by atoms with van der Waals surface area (Å²) in [6.45, 7) is 1.49. The van der Waals surface area contributed by atoms with Crippen LogP contribution in [-0.2, 0) is 9.59 Å². The number of Topliss-reactive ketones (excluding diaryl/α,β-unsaturated/α-hetero) is 1. The topological polar surface area (TPSA) is 53.0 Å². The van der Waals surface area contributed by atoms with E-state index >= 15 is 0 Å². The van der Waals surface area contributed by atoms with Gasteiger partial charge in [-0.2, -0.15) is 5.10 Å². The van der Waals surface area contributed by atoms with Crippen LogP contribution in [-0.4, -0.2) is 21.1 Å². The first-order valence-electron chi connectivity index (χ1n) is 10.2. The number of para-hydroxylation sites is 1. The van der Waals surface area contributed by atoms with Crippen LogP contribution in [0.1, 0.15) is 12.5 Å². The van der Waals surface area contributed by atoms with Gasteiger partial charge in [-0.3, -0.25) is 14.5 Å². The molecule has 0 aromatic heterocycles. The predicted molar refractivity (Wildman–Crippen MR) is 138 cm³/mol. The number of benzene rings is 3. The Morgan fingerprint density at radius 2 is 1.55 bits per heavy atom. The SMILES string of the molecule is CC(=O)C1=NN(c2ccc(Cl)cc2)C2(S1)S/C(=C/c1ccccc1)C(=O)N2c1ccccc1. The summed E-state index contributed by atoms with van der Waals surface area (Å²) in [4.78, 5) is 28.5. The third-order valence-electron chi connectivity index (χ3n) is 5.11. The number of amides is 1. The molecular formula is C25H18ClN3O2S2. The molecule has 1 spiro atoms. The van der Waals surface area contributed by atoms with Gasteiger partial charge in [0.1, 0.15) is 0 Å². The van der Waals surface area contributed by atoms with Crippen molar-refractivity contribution in [2.45, 2.75) is 11.3 Å². The van der Waals surface area contributed by atoms with Gasteiger partial charge >= 0.3 is 0 Å². The molecule has 0 bridgehead atoms. The maximum absolute atomic E-state index is 13.8. The number of anilines is 2. The summed E-state index contributed by atoms with van der Waals surface area (Å²) < 4.78 is -1.03. The molecule has 1 unspecified atom stereocenters. The zero-order valence-electron chi connectivity index (χ0n) is 17.5. The normalized spacial score (nSPS) is 21.2. The van der Waals surface area contributed by atoms with Crippen LogP contribution in [0.4, 0.5) is 11.4 Å². The van der Waals surface area contributed by atoms with Crippen LogP contribution < -0.4 is 9.91 Å². The third kappa shape index (κ3) is 3.97. The van der Waals surface area contributed by atoms with E-state index in [9.17, 15) is 9.59 Å². The second kappa shape index (κ2) is 8.74. The van der Waals surface area contributed by atoms with Gasteiger partial charge in [-0.15, -0.1) is 0 Å². The Morgan fingerprint density at radius 3 is 2.18 bits per heavy atom. The zero-order valence-corrected chi connectivity index (χ0v) is 19.9. The van der Waals surface area contributed by atoms with Gasteiger partial charge in [0.15, 0.2) is 10.8 Å². The van der Waals surface area contributed by atoms with Crippen LogP contribution in [0.15, 0.2) is 94.9 Å². The molecule has 164 valence electrons. The number of hydrogen-bond acceptors (Lipinski definition) is 6. The Bertz CT molecular complexity index is 1280. The van der Waals surface area contributed by atoms with Crippen molar-refractivity contribution < 1.29 is 9.59 Å². The lowest BCUT2D eigenvalue weighted by Gasteiger charge is -2.38. The number of nitrogens with zero attached hydrogens (tertiary/aromatic N) is 3. The number of carbonyl (C=O) groups excluding carboxylic acids is 2. The molecule has 5 nitrogen and oxygen atoms in total. The maximum Gasteiger partial charge on any atom is 0.268 e. The molecule has 1 fully saturated rings. The molecule has 2 aliphatic rings. The highest BCUT2D eigenvalue weighted by molar-refractivity contribution is 8.29. The van der Waals surface area contributed by atoms with Gasteiger partial charge in [0.05, 0.1) is 10.6 Å². The van der Waals surface area contributed by atoms with E-state index in [2.05, 4.69) is 5.10 Å². The van der Waals surface area contributed by atoms with Crippen molar-refractivity contribution in [3.05, 3.63) is 100 Å². The van der Waals surface area contributed by atoms with Crippen LogP contribution in [0.5, 0.6) is 0 Å². The van der Waals surface area contributed by atoms with Crippen LogP contribution in [0.3, 0.4) is 0 Å². The van der Waals surface area contributed by atoms with Crippen molar-refractivity contribution in [2.75, 3.05) is 9.91 Å². The molecule has 0 radical (unpaired) electrons. The number of carbonyl (C=O) groups is 2. The molecule has 2 heterocycles. The Morgan fingerprint density at radius 1 is 0.909 bits per heavy atom. The van der Waals surface area contributed by atoms with Crippen molar-refractivity contribution in [1.29, 1.82) is 0 Å². The molecule has 5 rings (SSSR count). The minimum Gasteiger partial charge on any atom is -0.292 e. The molecular weight excluding hydrogens is 474 g/mol. The lowest BCUT2D eigenvalue weighted by Crippen LogP contribution is -2.51. The standard InChI is InChI=1S/C25H18ClN3O2S2/c1-17(30)23-27-29(21-14-12-19(26)13-15-21)25(33-23)28(20-10-6-3-7-11-20)24(31)22(32-25)16-18-8-4-2-5-9-18/h2-16H,1H3/b22-16+. The summed E-state index contributed by atoms with van der Waals surface area (Å²) in [5.41, 5.74) is 2.37. The Balaban J connectivity index is 1.69. The fourth-order valence-corrected chi connectivity index (χ4v) is 6.62. The number of thioether (sulfide) groups is 2. The van der Waals surface area contributed by atoms with Crippen LogP contribution in [0.2, 0.25) is 5.02 Å². The molecule has 0 saturated carbocycles. The van der Waals surface area contributed by atoms with Crippen LogP contribution in [0, 0.1) is 0 Å². The molecule has 0 aliphatic carbocycles. The second-order valence-corrected chi connectivity index (χ2v) is 10.5. The predicted octanol–water partition coefficient (Wildman–Crippen LogP) is 6.23. The highest BCUT2D eigenvalue weighted by atomic mass is 35.5. The molecule has 1 saturated heterocycles. The Kier molecular flexibility index (Phi) is 5.78. The van der Waals surface area contributed by atoms with Crippen LogP contribution in [0.25, 0.3) is 6.08 Å². The summed E-state index contributed by atoms with van der Waals surface area (Å²) in [6, 6.07) is 26.4. The molecule has 2 aliphatic heterocycles. The fraction of sp³-hybridized carbons (Fsp3) is 0.0800. The summed E-state index contributed by atoms with van der Waals surface area (Å²) >= 11 is 8.78. The highest BCUT2D eigenvalue weighted by Crippen LogP contribution is 2.59. The quantitative estimate of drug-likeness (QED) is 0.405. The first-order valence-corrected chi connectivity index (χ1v) is 12.2. The first kappa shape index (κ1) is 21.8. The Hall–Kier alpha value is -3.00. The van der Waals surface area contributed by atoms with Crippen molar-refractivity contribution in [2.24, 2.45) is 5.10 Å². The van der Waals surface area contributed by atoms with Gasteiger partial charge in [0, 0.05) is 17.6 Å². The van der Waals surface area contributed by atoms with Gasteiger partial charge in [-0.25, -0.2) is 5.01 Å². The number of hydrogen-bond donors (Lipinski definition) is 0. The molecule has 1 atom stereocenters.